The van der Waals surface area contributed by atoms with Crippen molar-refractivity contribution in [2.24, 2.45) is 5.73 Å². The van der Waals surface area contributed by atoms with E-state index in [0.29, 0.717) is 16.5 Å². The summed E-state index contributed by atoms with van der Waals surface area (Å²) in [5, 5.41) is 0.570. The summed E-state index contributed by atoms with van der Waals surface area (Å²) in [7, 11) is 0. The normalized spacial score (nSPS) is 20.3. The van der Waals surface area contributed by atoms with Crippen LogP contribution in [0, 0.1) is 0 Å². The molecule has 1 saturated heterocycles. The maximum absolute atomic E-state index is 11.2. The van der Waals surface area contributed by atoms with Crippen LogP contribution in [0.5, 0.6) is 0 Å². The van der Waals surface area contributed by atoms with Crippen molar-refractivity contribution in [2.45, 2.75) is 12.2 Å². The minimum Gasteiger partial charge on any atom is -0.397 e. The summed E-state index contributed by atoms with van der Waals surface area (Å²) >= 11 is 1.94. The summed E-state index contributed by atoms with van der Waals surface area (Å²) in [5.74, 6) is 1.34. The Morgan fingerprint density at radius 3 is 3.06 bits per heavy atom. The number of aromatic nitrogens is 1. The van der Waals surface area contributed by atoms with Gasteiger partial charge in [0.15, 0.2) is 0 Å². The maximum Gasteiger partial charge on any atom is 0.250 e. The van der Waals surface area contributed by atoms with E-state index in [1.807, 2.05) is 11.8 Å². The van der Waals surface area contributed by atoms with Crippen molar-refractivity contribution in [3.05, 3.63) is 17.8 Å². The van der Waals surface area contributed by atoms with Crippen LogP contribution in [-0.4, -0.2) is 35.0 Å². The number of carbonyl (C=O) groups excluding carboxylic acids is 1. The van der Waals surface area contributed by atoms with E-state index in [4.69, 9.17) is 11.5 Å². The number of rotatable bonds is 2. The summed E-state index contributed by atoms with van der Waals surface area (Å²) in [5.41, 5.74) is 11.6. The molecule has 5 nitrogen and oxygen atoms in total. The average Bonchev–Trinajstić information content (AvgIpc) is 2.29. The van der Waals surface area contributed by atoms with E-state index in [1.165, 1.54) is 6.20 Å². The highest BCUT2D eigenvalue weighted by Gasteiger charge is 2.19. The average molecular weight is 252 g/mol. The second kappa shape index (κ2) is 4.83. The van der Waals surface area contributed by atoms with Crippen molar-refractivity contribution >= 4 is 29.2 Å². The van der Waals surface area contributed by atoms with Gasteiger partial charge in [0, 0.05) is 24.1 Å². The number of thioether (sulfide) groups is 1. The van der Waals surface area contributed by atoms with Crippen LogP contribution in [0.3, 0.4) is 0 Å². The van der Waals surface area contributed by atoms with Crippen LogP contribution in [0.15, 0.2) is 12.3 Å². The molecule has 0 saturated carbocycles. The number of pyridine rings is 1. The monoisotopic (exact) mass is 252 g/mol. The van der Waals surface area contributed by atoms with Crippen LogP contribution in [0.25, 0.3) is 0 Å². The van der Waals surface area contributed by atoms with Gasteiger partial charge >= 0.3 is 0 Å². The van der Waals surface area contributed by atoms with Crippen LogP contribution in [0.2, 0.25) is 0 Å². The first-order valence-electron chi connectivity index (χ1n) is 5.50. The van der Waals surface area contributed by atoms with Crippen molar-refractivity contribution in [1.29, 1.82) is 0 Å². The van der Waals surface area contributed by atoms with Gasteiger partial charge in [0.25, 0.3) is 5.91 Å². The minimum absolute atomic E-state index is 0.334. The van der Waals surface area contributed by atoms with Gasteiger partial charge in [0.2, 0.25) is 0 Å². The molecule has 6 heteroatoms. The first-order valence-corrected chi connectivity index (χ1v) is 6.54. The van der Waals surface area contributed by atoms with Crippen molar-refractivity contribution in [3.8, 4) is 0 Å². The molecule has 0 spiro atoms. The van der Waals surface area contributed by atoms with Crippen LogP contribution in [0.1, 0.15) is 17.3 Å². The lowest BCUT2D eigenvalue weighted by atomic mass is 10.2. The fraction of sp³-hybridized carbons (Fsp3) is 0.455. The molecule has 2 rings (SSSR count). The number of nitrogen functional groups attached to an aromatic ring is 1. The maximum atomic E-state index is 11.2. The Morgan fingerprint density at radius 2 is 2.41 bits per heavy atom. The molecule has 1 fully saturated rings. The fourth-order valence-electron chi connectivity index (χ4n) is 1.87. The van der Waals surface area contributed by atoms with Crippen molar-refractivity contribution < 1.29 is 4.79 Å². The number of carbonyl (C=O) groups is 1. The van der Waals surface area contributed by atoms with E-state index in [-0.39, 0.29) is 0 Å². The van der Waals surface area contributed by atoms with E-state index < -0.39 is 5.91 Å². The zero-order valence-corrected chi connectivity index (χ0v) is 10.5. The molecule has 0 aromatic carbocycles. The molecule has 0 aliphatic carbocycles. The third-order valence-electron chi connectivity index (χ3n) is 2.75. The highest BCUT2D eigenvalue weighted by Crippen LogP contribution is 2.24. The molecule has 0 radical (unpaired) electrons. The molecule has 1 aromatic heterocycles. The van der Waals surface area contributed by atoms with Gasteiger partial charge in [-0.1, -0.05) is 6.92 Å². The zero-order chi connectivity index (χ0) is 12.4. The molecule has 17 heavy (non-hydrogen) atoms. The predicted molar refractivity (Wildman–Crippen MR) is 71.3 cm³/mol. The lowest BCUT2D eigenvalue weighted by molar-refractivity contribution is 0.100. The second-order valence-electron chi connectivity index (χ2n) is 4.12. The van der Waals surface area contributed by atoms with Gasteiger partial charge in [0.05, 0.1) is 17.4 Å². The molecular formula is C11H16N4OS. The van der Waals surface area contributed by atoms with Gasteiger partial charge in [-0.25, -0.2) is 4.98 Å². The molecule has 2 heterocycles. The van der Waals surface area contributed by atoms with E-state index in [1.54, 1.807) is 6.07 Å². The quantitative estimate of drug-likeness (QED) is 0.809. The van der Waals surface area contributed by atoms with Gasteiger partial charge in [-0.2, -0.15) is 11.8 Å². The van der Waals surface area contributed by atoms with E-state index in [2.05, 4.69) is 16.8 Å². The molecule has 1 amide bonds. The summed E-state index contributed by atoms with van der Waals surface area (Å²) in [4.78, 5) is 17.6. The molecule has 92 valence electrons. The molecule has 1 aromatic rings. The fourth-order valence-corrected chi connectivity index (χ4v) is 2.88. The Balaban J connectivity index is 2.26. The first-order chi connectivity index (χ1) is 8.08. The lowest BCUT2D eigenvalue weighted by Crippen LogP contribution is -2.37. The Labute approximate surface area is 105 Å². The van der Waals surface area contributed by atoms with Gasteiger partial charge in [-0.15, -0.1) is 0 Å². The molecule has 4 N–H and O–H groups in total. The Kier molecular flexibility index (Phi) is 3.42. The third kappa shape index (κ3) is 2.63. The Bertz CT molecular complexity index is 437. The molecular weight excluding hydrogens is 236 g/mol. The molecule has 1 aliphatic heterocycles. The first kappa shape index (κ1) is 12.0. The SMILES string of the molecule is CC1CN(c2cc(C(N)=O)c(N)cn2)CCS1. The van der Waals surface area contributed by atoms with Crippen LogP contribution in [0.4, 0.5) is 11.5 Å². The minimum atomic E-state index is -0.509. The molecule has 1 atom stereocenters. The highest BCUT2D eigenvalue weighted by atomic mass is 32.2. The molecule has 1 aliphatic rings. The van der Waals surface area contributed by atoms with E-state index >= 15 is 0 Å². The summed E-state index contributed by atoms with van der Waals surface area (Å²) in [6.07, 6.45) is 1.50. The number of nitrogens with two attached hydrogens (primary N) is 2. The third-order valence-corrected chi connectivity index (χ3v) is 3.89. The van der Waals surface area contributed by atoms with E-state index in [9.17, 15) is 4.79 Å². The lowest BCUT2D eigenvalue weighted by Gasteiger charge is -2.31. The number of primary amides is 1. The molecule has 0 bridgehead atoms. The van der Waals surface area contributed by atoms with Crippen molar-refractivity contribution in [1.82, 2.24) is 4.98 Å². The zero-order valence-electron chi connectivity index (χ0n) is 9.72. The van der Waals surface area contributed by atoms with Gasteiger partial charge in [0.1, 0.15) is 5.82 Å². The van der Waals surface area contributed by atoms with Gasteiger partial charge in [-0.05, 0) is 6.07 Å². The number of hydrogen-bond donors (Lipinski definition) is 2. The van der Waals surface area contributed by atoms with Crippen molar-refractivity contribution in [3.63, 3.8) is 0 Å². The van der Waals surface area contributed by atoms with Gasteiger partial charge in [-0.3, -0.25) is 4.79 Å². The van der Waals surface area contributed by atoms with Crippen LogP contribution in [-0.2, 0) is 0 Å². The van der Waals surface area contributed by atoms with E-state index in [0.717, 1.165) is 24.7 Å². The van der Waals surface area contributed by atoms with Gasteiger partial charge < -0.3 is 16.4 Å². The van der Waals surface area contributed by atoms with Crippen molar-refractivity contribution in [2.75, 3.05) is 29.5 Å². The highest BCUT2D eigenvalue weighted by molar-refractivity contribution is 8.00. The Hall–Kier alpha value is -1.43. The Morgan fingerprint density at radius 1 is 1.65 bits per heavy atom. The largest absolute Gasteiger partial charge is 0.397 e. The summed E-state index contributed by atoms with van der Waals surface area (Å²) in [6.45, 7) is 4.05. The predicted octanol–water partition coefficient (Wildman–Crippen LogP) is 0.704. The summed E-state index contributed by atoms with van der Waals surface area (Å²) in [6, 6.07) is 1.68. The smallest absolute Gasteiger partial charge is 0.250 e. The second-order valence-corrected chi connectivity index (χ2v) is 5.67. The standard InChI is InChI=1S/C11H16N4OS/c1-7-6-15(2-3-17-7)10-4-8(11(13)16)9(12)5-14-10/h4-5,7H,2-3,6,12H2,1H3,(H2,13,16). The number of amides is 1. The topological polar surface area (TPSA) is 85.2 Å². The number of hydrogen-bond acceptors (Lipinski definition) is 5. The molecule has 1 unspecified atom stereocenters. The van der Waals surface area contributed by atoms with Crippen LogP contribution < -0.4 is 16.4 Å². The van der Waals surface area contributed by atoms with Crippen LogP contribution >= 0.6 is 11.8 Å². The summed E-state index contributed by atoms with van der Waals surface area (Å²) < 4.78 is 0. The number of anilines is 2. The number of nitrogens with zero attached hydrogens (tertiary/aromatic N) is 2.